The second-order valence-corrected chi connectivity index (χ2v) is 16.6. The maximum absolute atomic E-state index is 16.1. The largest absolute Gasteiger partial charge is 0.394 e. The lowest BCUT2D eigenvalue weighted by atomic mass is 9.82. The molecule has 230 valence electrons. The van der Waals surface area contributed by atoms with Crippen LogP contribution in [0.3, 0.4) is 0 Å². The van der Waals surface area contributed by atoms with Crippen LogP contribution in [0.4, 0.5) is 15.5 Å². The maximum Gasteiger partial charge on any atom is 0.264 e. The molecule has 0 bridgehead atoms. The molecule has 0 aliphatic carbocycles. The molecule has 3 fully saturated rings. The van der Waals surface area contributed by atoms with Crippen LogP contribution in [-0.4, -0.2) is 81.1 Å². The Labute approximate surface area is 253 Å². The number of halogens is 1. The number of anilines is 2. The number of fused-ring (bicyclic) bond motifs is 2. The van der Waals surface area contributed by atoms with Crippen molar-refractivity contribution in [2.75, 3.05) is 42.6 Å². The number of para-hydroxylation sites is 1. The number of ether oxygens (including phenoxy) is 1. The van der Waals surface area contributed by atoms with Gasteiger partial charge in [-0.25, -0.2) is 0 Å². The molecule has 3 amide bonds. The summed E-state index contributed by atoms with van der Waals surface area (Å²) in [6.45, 7) is 7.57. The van der Waals surface area contributed by atoms with E-state index < -0.39 is 31.6 Å². The monoisotopic (exact) mass is 608 g/mol. The number of hydrogen-bond donors (Lipinski definition) is 2. The Balaban J connectivity index is 1.29. The average Bonchev–Trinajstić information content (AvgIpc) is 3.64. The number of amides is 3. The molecule has 43 heavy (non-hydrogen) atoms. The molecular formula is C32H41FN4O5Si. The topological polar surface area (TPSA) is 102 Å². The number of aliphatic hydroxyl groups is 1. The van der Waals surface area contributed by atoms with E-state index in [-0.39, 0.29) is 36.8 Å². The number of rotatable bonds is 7. The molecule has 11 heteroatoms. The minimum absolute atomic E-state index is 0.0186. The predicted octanol–water partition coefficient (Wildman–Crippen LogP) is 3.32. The number of hydrogen-bond acceptors (Lipinski definition) is 6. The van der Waals surface area contributed by atoms with E-state index in [0.717, 1.165) is 36.3 Å². The van der Waals surface area contributed by atoms with Gasteiger partial charge in [0.25, 0.3) is 5.91 Å². The molecule has 6 rings (SSSR count). The molecule has 4 aliphatic rings. The van der Waals surface area contributed by atoms with Crippen molar-refractivity contribution in [2.24, 2.45) is 5.92 Å². The third-order valence-corrected chi connectivity index (χ3v) is 12.3. The van der Waals surface area contributed by atoms with Crippen LogP contribution in [0, 0.1) is 5.92 Å². The normalized spacial score (nSPS) is 29.2. The highest BCUT2D eigenvalue weighted by Crippen LogP contribution is 2.60. The Kier molecular flexibility index (Phi) is 7.95. The molecule has 0 aromatic heterocycles. The van der Waals surface area contributed by atoms with E-state index in [2.05, 4.69) is 5.32 Å². The van der Waals surface area contributed by atoms with Crippen molar-refractivity contribution in [3.8, 4) is 0 Å². The molecular weight excluding hydrogens is 567 g/mol. The minimum atomic E-state index is -3.40. The van der Waals surface area contributed by atoms with Crippen molar-refractivity contribution in [2.45, 2.75) is 69.1 Å². The summed E-state index contributed by atoms with van der Waals surface area (Å²) in [5.74, 6) is -0.859. The van der Waals surface area contributed by atoms with E-state index in [1.54, 1.807) is 27.8 Å². The van der Waals surface area contributed by atoms with Gasteiger partial charge >= 0.3 is 0 Å². The first-order chi connectivity index (χ1) is 20.6. The van der Waals surface area contributed by atoms with Crippen LogP contribution < -0.4 is 15.1 Å². The molecule has 4 heterocycles. The predicted molar refractivity (Wildman–Crippen MR) is 164 cm³/mol. The number of aliphatic hydroxyl groups excluding tert-OH is 1. The number of carbonyl (C=O) groups excluding carboxylic acids is 3. The van der Waals surface area contributed by atoms with E-state index in [1.807, 2.05) is 55.5 Å². The van der Waals surface area contributed by atoms with Crippen molar-refractivity contribution >= 4 is 37.5 Å². The summed E-state index contributed by atoms with van der Waals surface area (Å²) in [5.41, 5.74) is 1.19. The fourth-order valence-corrected chi connectivity index (χ4v) is 10.3. The Morgan fingerprint density at radius 3 is 2.58 bits per heavy atom. The van der Waals surface area contributed by atoms with Crippen LogP contribution in [0.25, 0.3) is 0 Å². The summed E-state index contributed by atoms with van der Waals surface area (Å²) >= 11 is 0. The first-order valence-electron chi connectivity index (χ1n) is 15.3. The highest BCUT2D eigenvalue weighted by Gasteiger charge is 2.67. The van der Waals surface area contributed by atoms with Gasteiger partial charge in [0.2, 0.25) is 20.2 Å². The fourth-order valence-electron chi connectivity index (χ4n) is 7.84. The van der Waals surface area contributed by atoms with Gasteiger partial charge in [-0.15, -0.1) is 0 Å². The SMILES string of the molecule is C[C@@H]1[C@@H]([Si](C)(C)F)[C@H](CC(=O)N2CCC[C@H]2CO)O[C@@]12C(=O)N(Cc1ccc(N3CCNCC3=O)cc1)c1ccccc12. The van der Waals surface area contributed by atoms with Crippen molar-refractivity contribution < 1.29 is 28.3 Å². The molecule has 2 aromatic rings. The summed E-state index contributed by atoms with van der Waals surface area (Å²) in [4.78, 5) is 45.5. The molecule has 1 spiro atoms. The fraction of sp³-hybridized carbons (Fsp3) is 0.531. The van der Waals surface area contributed by atoms with Gasteiger partial charge in [-0.05, 0) is 49.7 Å². The molecule has 5 atom stereocenters. The molecule has 9 nitrogen and oxygen atoms in total. The molecule has 2 aromatic carbocycles. The summed E-state index contributed by atoms with van der Waals surface area (Å²) in [5, 5.41) is 12.9. The third kappa shape index (κ3) is 5.09. The second kappa shape index (κ2) is 11.4. The quantitative estimate of drug-likeness (QED) is 0.370. The molecule has 4 aliphatic heterocycles. The lowest BCUT2D eigenvalue weighted by Gasteiger charge is -2.31. The molecule has 0 saturated carbocycles. The van der Waals surface area contributed by atoms with Gasteiger partial charge in [0.05, 0.1) is 44.0 Å². The Morgan fingerprint density at radius 1 is 1.14 bits per heavy atom. The summed E-state index contributed by atoms with van der Waals surface area (Å²) < 4.78 is 22.8. The first kappa shape index (κ1) is 29.9. The number of nitrogens with one attached hydrogen (secondary N) is 1. The molecule has 3 saturated heterocycles. The second-order valence-electron chi connectivity index (χ2n) is 12.8. The number of carbonyl (C=O) groups is 3. The smallest absolute Gasteiger partial charge is 0.264 e. The molecule has 2 N–H and O–H groups in total. The van der Waals surface area contributed by atoms with Gasteiger partial charge in [-0.3, -0.25) is 14.4 Å². The highest BCUT2D eigenvalue weighted by atomic mass is 28.4. The van der Waals surface area contributed by atoms with E-state index in [1.165, 1.54) is 0 Å². The maximum atomic E-state index is 16.1. The van der Waals surface area contributed by atoms with Crippen LogP contribution >= 0.6 is 0 Å². The van der Waals surface area contributed by atoms with E-state index in [4.69, 9.17) is 4.74 Å². The average molecular weight is 609 g/mol. The van der Waals surface area contributed by atoms with E-state index in [0.29, 0.717) is 31.7 Å². The van der Waals surface area contributed by atoms with Crippen LogP contribution in [0.15, 0.2) is 48.5 Å². The zero-order chi connectivity index (χ0) is 30.5. The third-order valence-electron chi connectivity index (χ3n) is 9.83. The highest BCUT2D eigenvalue weighted by molar-refractivity contribution is 6.72. The number of likely N-dealkylation sites (tertiary alicyclic amines) is 1. The van der Waals surface area contributed by atoms with Gasteiger partial charge in [0.15, 0.2) is 5.60 Å². The lowest BCUT2D eigenvalue weighted by Crippen LogP contribution is -2.48. The Hall–Kier alpha value is -3.12. The zero-order valence-corrected chi connectivity index (χ0v) is 26.1. The molecule has 0 unspecified atom stereocenters. The summed E-state index contributed by atoms with van der Waals surface area (Å²) in [6.07, 6.45) is 0.800. The van der Waals surface area contributed by atoms with Gasteiger partial charge in [0.1, 0.15) is 0 Å². The zero-order valence-electron chi connectivity index (χ0n) is 25.1. The molecule has 0 radical (unpaired) electrons. The standard InChI is InChI=1S/C32H41FN4O5Si/c1-21-30(43(2,3)33)27(17-28(39)35-15-6-7-24(35)20-38)42-32(21)25-8-4-5-9-26(25)37(31(32)41)19-22-10-12-23(13-11-22)36-16-14-34-18-29(36)40/h4-5,8-13,21,24,27,30,34,38H,6-7,14-20H2,1-3H3/t21-,24+,27+,30-,32+/m1/s1. The number of nitrogens with zero attached hydrogens (tertiary/aromatic N) is 3. The van der Waals surface area contributed by atoms with Crippen molar-refractivity contribution in [1.29, 1.82) is 0 Å². The van der Waals surface area contributed by atoms with Crippen LogP contribution in [0.2, 0.25) is 18.6 Å². The summed E-state index contributed by atoms with van der Waals surface area (Å²) in [6, 6.07) is 15.0. The summed E-state index contributed by atoms with van der Waals surface area (Å²) in [7, 11) is -3.40. The number of benzene rings is 2. The van der Waals surface area contributed by atoms with Crippen LogP contribution in [0.5, 0.6) is 0 Å². The van der Waals surface area contributed by atoms with Gasteiger partial charge in [-0.1, -0.05) is 37.3 Å². The van der Waals surface area contributed by atoms with Crippen molar-refractivity contribution in [3.05, 3.63) is 59.7 Å². The van der Waals surface area contributed by atoms with Crippen LogP contribution in [0.1, 0.15) is 37.3 Å². The van der Waals surface area contributed by atoms with Crippen molar-refractivity contribution in [1.82, 2.24) is 10.2 Å². The van der Waals surface area contributed by atoms with Crippen molar-refractivity contribution in [3.63, 3.8) is 0 Å². The van der Waals surface area contributed by atoms with Gasteiger partial charge < -0.3 is 34.0 Å². The van der Waals surface area contributed by atoms with Gasteiger partial charge in [0, 0.05) is 42.3 Å². The number of piperazine rings is 1. The Morgan fingerprint density at radius 2 is 1.88 bits per heavy atom. The lowest BCUT2D eigenvalue weighted by molar-refractivity contribution is -0.150. The van der Waals surface area contributed by atoms with E-state index in [9.17, 15) is 19.5 Å². The van der Waals surface area contributed by atoms with Gasteiger partial charge in [-0.2, -0.15) is 0 Å². The first-order valence-corrected chi connectivity index (χ1v) is 18.3. The van der Waals surface area contributed by atoms with Crippen LogP contribution in [-0.2, 0) is 31.3 Å². The minimum Gasteiger partial charge on any atom is -0.394 e. The Bertz CT molecular complexity index is 1400. The van der Waals surface area contributed by atoms with E-state index >= 15 is 4.11 Å².